The van der Waals surface area contributed by atoms with Gasteiger partial charge < -0.3 is 14.3 Å². The summed E-state index contributed by atoms with van der Waals surface area (Å²) in [6.45, 7) is 3.99. The smallest absolute Gasteiger partial charge is 0.294 e. The van der Waals surface area contributed by atoms with Crippen molar-refractivity contribution in [2.24, 2.45) is 0 Å². The van der Waals surface area contributed by atoms with Crippen molar-refractivity contribution < 1.29 is 19.4 Å². The maximum atomic E-state index is 10.4. The van der Waals surface area contributed by atoms with Crippen molar-refractivity contribution in [2.45, 2.75) is 25.4 Å². The first-order chi connectivity index (χ1) is 10.7. The molecule has 0 radical (unpaired) electrons. The third kappa shape index (κ3) is 3.59. The lowest BCUT2D eigenvalue weighted by atomic mass is 10.0. The van der Waals surface area contributed by atoms with Crippen molar-refractivity contribution in [1.29, 1.82) is 0 Å². The van der Waals surface area contributed by atoms with Crippen LogP contribution in [-0.4, -0.2) is 48.9 Å². The number of para-hydroxylation sites is 1. The second-order valence-corrected chi connectivity index (χ2v) is 5.61. The highest BCUT2D eigenvalue weighted by atomic mass is 17.0. The van der Waals surface area contributed by atoms with Gasteiger partial charge in [0.25, 0.3) is 5.09 Å². The van der Waals surface area contributed by atoms with Crippen molar-refractivity contribution in [3.8, 4) is 11.5 Å². The van der Waals surface area contributed by atoms with E-state index in [9.17, 15) is 10.1 Å². The zero-order chi connectivity index (χ0) is 15.4. The van der Waals surface area contributed by atoms with Gasteiger partial charge in [0.05, 0.1) is 0 Å². The third-order valence-corrected chi connectivity index (χ3v) is 4.02. The van der Waals surface area contributed by atoms with Crippen LogP contribution < -0.4 is 9.47 Å². The lowest BCUT2D eigenvalue weighted by molar-refractivity contribution is -0.769. The monoisotopic (exact) mass is 308 g/mol. The van der Waals surface area contributed by atoms with E-state index >= 15 is 0 Å². The standard InChI is InChI=1S/C15H20N2O5/c18-17(19)22-13-10-12-4-3-5-14(15(12)21-11-13)20-9-8-16-6-1-2-7-16/h3-5,13H,1-2,6-11H2. The molecule has 120 valence electrons. The Bertz CT molecular complexity index is 531. The van der Waals surface area contributed by atoms with Crippen molar-refractivity contribution in [3.05, 3.63) is 33.9 Å². The molecule has 0 aromatic heterocycles. The minimum Gasteiger partial charge on any atom is -0.488 e. The van der Waals surface area contributed by atoms with Crippen LogP contribution in [0.4, 0.5) is 0 Å². The van der Waals surface area contributed by atoms with Crippen molar-refractivity contribution in [2.75, 3.05) is 32.8 Å². The fraction of sp³-hybridized carbons (Fsp3) is 0.600. The van der Waals surface area contributed by atoms with Crippen LogP contribution >= 0.6 is 0 Å². The number of hydrogen-bond acceptors (Lipinski definition) is 6. The van der Waals surface area contributed by atoms with Gasteiger partial charge in [-0.3, -0.25) is 4.90 Å². The van der Waals surface area contributed by atoms with Gasteiger partial charge in [-0.25, -0.2) is 0 Å². The van der Waals surface area contributed by atoms with Gasteiger partial charge in [0.1, 0.15) is 19.3 Å². The van der Waals surface area contributed by atoms with E-state index < -0.39 is 11.2 Å². The second kappa shape index (κ2) is 6.83. The Balaban J connectivity index is 1.58. The first-order valence-electron chi connectivity index (χ1n) is 7.63. The molecule has 1 unspecified atom stereocenters. The second-order valence-electron chi connectivity index (χ2n) is 5.61. The average molecular weight is 308 g/mol. The highest BCUT2D eigenvalue weighted by molar-refractivity contribution is 5.48. The minimum absolute atomic E-state index is 0.167. The van der Waals surface area contributed by atoms with E-state index in [2.05, 4.69) is 9.74 Å². The van der Waals surface area contributed by atoms with Crippen LogP contribution in [-0.2, 0) is 11.3 Å². The summed E-state index contributed by atoms with van der Waals surface area (Å²) in [6, 6.07) is 5.64. The predicted molar refractivity (Wildman–Crippen MR) is 78.7 cm³/mol. The molecular formula is C15H20N2O5. The molecule has 0 amide bonds. The highest BCUT2D eigenvalue weighted by Gasteiger charge is 2.25. The van der Waals surface area contributed by atoms with Crippen molar-refractivity contribution in [1.82, 2.24) is 4.90 Å². The van der Waals surface area contributed by atoms with Gasteiger partial charge in [-0.05, 0) is 32.0 Å². The SMILES string of the molecule is O=[N+]([O-])OC1COc2c(cccc2OCCN2CCCC2)C1. The maximum Gasteiger partial charge on any atom is 0.294 e. The van der Waals surface area contributed by atoms with E-state index in [4.69, 9.17) is 9.47 Å². The van der Waals surface area contributed by atoms with E-state index in [0.717, 1.165) is 25.2 Å². The van der Waals surface area contributed by atoms with E-state index in [-0.39, 0.29) is 6.61 Å². The number of likely N-dealkylation sites (tertiary alicyclic amines) is 1. The molecule has 1 atom stereocenters. The molecule has 1 aromatic rings. The summed E-state index contributed by atoms with van der Waals surface area (Å²) < 4.78 is 11.5. The summed E-state index contributed by atoms with van der Waals surface area (Å²) in [4.78, 5) is 17.4. The summed E-state index contributed by atoms with van der Waals surface area (Å²) in [5, 5.41) is 9.64. The first kappa shape index (κ1) is 14.9. The van der Waals surface area contributed by atoms with Crippen LogP contribution in [0.1, 0.15) is 18.4 Å². The molecule has 1 fully saturated rings. The number of hydrogen-bond donors (Lipinski definition) is 0. The molecule has 1 saturated heterocycles. The molecule has 0 N–H and O–H groups in total. The molecule has 0 aliphatic carbocycles. The van der Waals surface area contributed by atoms with Crippen LogP contribution in [0.15, 0.2) is 18.2 Å². The van der Waals surface area contributed by atoms with Gasteiger partial charge in [-0.15, -0.1) is 10.1 Å². The van der Waals surface area contributed by atoms with E-state index in [0.29, 0.717) is 24.5 Å². The fourth-order valence-electron chi connectivity index (χ4n) is 2.96. The number of nitrogens with zero attached hydrogens (tertiary/aromatic N) is 2. The van der Waals surface area contributed by atoms with Gasteiger partial charge in [0.2, 0.25) is 0 Å². The maximum absolute atomic E-state index is 10.4. The molecule has 22 heavy (non-hydrogen) atoms. The molecule has 7 nitrogen and oxygen atoms in total. The molecule has 0 saturated carbocycles. The normalized spacial score (nSPS) is 21.0. The van der Waals surface area contributed by atoms with Crippen LogP contribution in [0.25, 0.3) is 0 Å². The lowest BCUT2D eigenvalue weighted by Crippen LogP contribution is -2.31. The summed E-state index contributed by atoms with van der Waals surface area (Å²) in [5.41, 5.74) is 0.886. The van der Waals surface area contributed by atoms with Gasteiger partial charge >= 0.3 is 0 Å². The molecule has 2 aliphatic heterocycles. The van der Waals surface area contributed by atoms with E-state index in [1.54, 1.807) is 0 Å². The fourth-order valence-corrected chi connectivity index (χ4v) is 2.96. The van der Waals surface area contributed by atoms with Crippen LogP contribution in [0, 0.1) is 10.1 Å². The molecule has 7 heteroatoms. The summed E-state index contributed by atoms with van der Waals surface area (Å²) in [7, 11) is 0. The van der Waals surface area contributed by atoms with Crippen molar-refractivity contribution >= 4 is 0 Å². The zero-order valence-electron chi connectivity index (χ0n) is 12.4. The van der Waals surface area contributed by atoms with Gasteiger partial charge in [-0.1, -0.05) is 12.1 Å². The Labute approximate surface area is 128 Å². The molecule has 0 bridgehead atoms. The van der Waals surface area contributed by atoms with Crippen LogP contribution in [0.5, 0.6) is 11.5 Å². The zero-order valence-corrected chi connectivity index (χ0v) is 12.4. The number of rotatable bonds is 6. The number of benzene rings is 1. The Morgan fingerprint density at radius 3 is 2.95 bits per heavy atom. The Kier molecular flexibility index (Phi) is 4.62. The van der Waals surface area contributed by atoms with Crippen molar-refractivity contribution in [3.63, 3.8) is 0 Å². The molecule has 3 rings (SSSR count). The van der Waals surface area contributed by atoms with Gasteiger partial charge in [-0.2, -0.15) is 0 Å². The average Bonchev–Trinajstić information content (AvgIpc) is 3.00. The topological polar surface area (TPSA) is 74.1 Å². The lowest BCUT2D eigenvalue weighted by Gasteiger charge is -2.25. The van der Waals surface area contributed by atoms with E-state index in [1.807, 2.05) is 18.2 Å². The molecule has 2 aliphatic rings. The molecule has 1 aromatic carbocycles. The highest BCUT2D eigenvalue weighted by Crippen LogP contribution is 2.35. The Morgan fingerprint density at radius 1 is 1.36 bits per heavy atom. The van der Waals surface area contributed by atoms with Gasteiger partial charge in [0, 0.05) is 18.5 Å². The Hall–Kier alpha value is -2.02. The molecule has 2 heterocycles. The van der Waals surface area contributed by atoms with Gasteiger partial charge in [0.15, 0.2) is 11.5 Å². The largest absolute Gasteiger partial charge is 0.488 e. The minimum atomic E-state index is -0.768. The summed E-state index contributed by atoms with van der Waals surface area (Å²) in [6.07, 6.45) is 2.44. The first-order valence-corrected chi connectivity index (χ1v) is 7.63. The number of fused-ring (bicyclic) bond motifs is 1. The van der Waals surface area contributed by atoms with E-state index in [1.165, 1.54) is 12.8 Å². The summed E-state index contributed by atoms with van der Waals surface area (Å²) in [5.74, 6) is 1.39. The molecular weight excluding hydrogens is 288 g/mol. The predicted octanol–water partition coefficient (Wildman–Crippen LogP) is 1.67. The number of ether oxygens (including phenoxy) is 2. The Morgan fingerprint density at radius 2 is 2.18 bits per heavy atom. The summed E-state index contributed by atoms with van der Waals surface area (Å²) >= 11 is 0. The molecule has 0 spiro atoms. The third-order valence-electron chi connectivity index (χ3n) is 4.02. The van der Waals surface area contributed by atoms with Crippen LogP contribution in [0.3, 0.4) is 0 Å². The quantitative estimate of drug-likeness (QED) is 0.588. The van der Waals surface area contributed by atoms with Crippen LogP contribution in [0.2, 0.25) is 0 Å².